The first-order valence-electron chi connectivity index (χ1n) is 8.89. The average molecular weight is 426 g/mol. The summed E-state index contributed by atoms with van der Waals surface area (Å²) in [6.45, 7) is 0.123. The van der Waals surface area contributed by atoms with E-state index in [0.29, 0.717) is 11.3 Å². The van der Waals surface area contributed by atoms with Gasteiger partial charge in [0.2, 0.25) is 10.0 Å². The van der Waals surface area contributed by atoms with Crippen LogP contribution in [0.1, 0.15) is 28.8 Å². The molecule has 0 aromatic heterocycles. The van der Waals surface area contributed by atoms with Crippen molar-refractivity contribution in [1.82, 2.24) is 9.62 Å². The molecule has 1 spiro atoms. The number of rotatable bonds is 2. The average Bonchev–Trinajstić information content (AvgIpc) is 2.68. The minimum absolute atomic E-state index is 0.0613. The summed E-state index contributed by atoms with van der Waals surface area (Å²) in [4.78, 5) is 12.1. The number of halogens is 3. The van der Waals surface area contributed by atoms with Gasteiger partial charge in [-0.25, -0.2) is 8.42 Å². The van der Waals surface area contributed by atoms with E-state index in [1.165, 1.54) is 4.31 Å². The maximum atomic E-state index is 12.8. The molecular formula is C19H17F3N2O4S. The molecule has 2 aliphatic heterocycles. The molecule has 4 rings (SSSR count). The zero-order valence-corrected chi connectivity index (χ0v) is 15.9. The number of carbonyl (C=O) groups excluding carboxylic acids is 1. The molecule has 1 N–H and O–H groups in total. The molecule has 0 aliphatic carbocycles. The van der Waals surface area contributed by atoms with Crippen molar-refractivity contribution < 1.29 is 31.1 Å². The lowest BCUT2D eigenvalue weighted by atomic mass is 9.98. The summed E-state index contributed by atoms with van der Waals surface area (Å²) in [7, 11) is -3.96. The fourth-order valence-electron chi connectivity index (χ4n) is 3.53. The number of alkyl halides is 3. The van der Waals surface area contributed by atoms with Gasteiger partial charge in [-0.2, -0.15) is 17.5 Å². The Labute approximate surface area is 165 Å². The van der Waals surface area contributed by atoms with E-state index in [-0.39, 0.29) is 36.7 Å². The molecule has 1 fully saturated rings. The van der Waals surface area contributed by atoms with Crippen LogP contribution in [0, 0.1) is 0 Å². The zero-order valence-electron chi connectivity index (χ0n) is 15.1. The lowest BCUT2D eigenvalue weighted by molar-refractivity contribution is -0.137. The van der Waals surface area contributed by atoms with Crippen LogP contribution in [0.2, 0.25) is 0 Å². The molecule has 0 radical (unpaired) electrons. The van der Waals surface area contributed by atoms with Gasteiger partial charge in [-0.05, 0) is 36.4 Å². The second-order valence-electron chi connectivity index (χ2n) is 6.97. The Hall–Kier alpha value is -2.59. The Morgan fingerprint density at radius 3 is 2.24 bits per heavy atom. The topological polar surface area (TPSA) is 75.7 Å². The predicted molar refractivity (Wildman–Crippen MR) is 96.7 cm³/mol. The van der Waals surface area contributed by atoms with E-state index in [1.54, 1.807) is 24.3 Å². The van der Waals surface area contributed by atoms with E-state index in [0.717, 1.165) is 24.3 Å². The number of ether oxygens (including phenoxy) is 1. The van der Waals surface area contributed by atoms with Gasteiger partial charge in [0.05, 0.1) is 16.0 Å². The van der Waals surface area contributed by atoms with Crippen molar-refractivity contribution >= 4 is 15.9 Å². The van der Waals surface area contributed by atoms with Crippen LogP contribution in [0.15, 0.2) is 53.4 Å². The molecule has 2 aromatic rings. The first kappa shape index (κ1) is 19.7. The highest BCUT2D eigenvalue weighted by molar-refractivity contribution is 7.89. The Morgan fingerprint density at radius 1 is 1.00 bits per heavy atom. The quantitative estimate of drug-likeness (QED) is 0.801. The van der Waals surface area contributed by atoms with Crippen LogP contribution >= 0.6 is 0 Å². The van der Waals surface area contributed by atoms with E-state index >= 15 is 0 Å². The summed E-state index contributed by atoms with van der Waals surface area (Å²) < 4.78 is 70.9. The third-order valence-corrected chi connectivity index (χ3v) is 7.04. The van der Waals surface area contributed by atoms with Crippen LogP contribution in [0.5, 0.6) is 5.75 Å². The highest BCUT2D eigenvalue weighted by Crippen LogP contribution is 2.35. The van der Waals surface area contributed by atoms with E-state index in [4.69, 9.17) is 4.74 Å². The van der Waals surface area contributed by atoms with Crippen LogP contribution in [0.25, 0.3) is 0 Å². The molecule has 0 unspecified atom stereocenters. The monoisotopic (exact) mass is 426 g/mol. The number of carbonyl (C=O) groups is 1. The van der Waals surface area contributed by atoms with E-state index in [2.05, 4.69) is 5.32 Å². The second kappa shape index (κ2) is 6.74. The molecule has 6 nitrogen and oxygen atoms in total. The molecule has 0 bridgehead atoms. The molecule has 2 aliphatic rings. The summed E-state index contributed by atoms with van der Waals surface area (Å²) in [6, 6.07) is 10.2. The molecule has 154 valence electrons. The number of nitrogens with zero attached hydrogens (tertiary/aromatic N) is 1. The van der Waals surface area contributed by atoms with Crippen LogP contribution in [0.3, 0.4) is 0 Å². The first-order valence-corrected chi connectivity index (χ1v) is 10.3. The largest absolute Gasteiger partial charge is 0.467 e. The summed E-state index contributed by atoms with van der Waals surface area (Å²) in [5, 5.41) is 2.82. The van der Waals surface area contributed by atoms with Gasteiger partial charge >= 0.3 is 6.18 Å². The number of nitrogens with one attached hydrogen (secondary N) is 1. The van der Waals surface area contributed by atoms with Gasteiger partial charge in [-0.1, -0.05) is 12.1 Å². The van der Waals surface area contributed by atoms with Crippen LogP contribution in [-0.4, -0.2) is 37.4 Å². The van der Waals surface area contributed by atoms with Crippen LogP contribution in [-0.2, 0) is 16.2 Å². The molecule has 1 saturated heterocycles. The lowest BCUT2D eigenvalue weighted by Crippen LogP contribution is -2.61. The highest BCUT2D eigenvalue weighted by Gasteiger charge is 2.44. The van der Waals surface area contributed by atoms with Crippen molar-refractivity contribution in [2.45, 2.75) is 29.6 Å². The highest BCUT2D eigenvalue weighted by atomic mass is 32.2. The van der Waals surface area contributed by atoms with Crippen molar-refractivity contribution in [3.05, 3.63) is 59.7 Å². The number of hydrogen-bond acceptors (Lipinski definition) is 4. The van der Waals surface area contributed by atoms with Crippen molar-refractivity contribution in [2.24, 2.45) is 0 Å². The zero-order chi connectivity index (χ0) is 20.9. The van der Waals surface area contributed by atoms with E-state index in [1.807, 2.05) is 0 Å². The number of fused-ring (bicyclic) bond motifs is 1. The number of hydrogen-bond donors (Lipinski definition) is 1. The normalized spacial score (nSPS) is 19.3. The molecule has 2 aromatic carbocycles. The Morgan fingerprint density at radius 2 is 1.62 bits per heavy atom. The summed E-state index contributed by atoms with van der Waals surface area (Å²) >= 11 is 0. The Balaban J connectivity index is 1.50. The van der Waals surface area contributed by atoms with Crippen molar-refractivity contribution in [3.63, 3.8) is 0 Å². The van der Waals surface area contributed by atoms with Gasteiger partial charge in [0.1, 0.15) is 5.75 Å². The summed E-state index contributed by atoms with van der Waals surface area (Å²) in [5.74, 6) is 0.154. The maximum absolute atomic E-state index is 12.8. The minimum Gasteiger partial charge on any atom is -0.467 e. The Kier molecular flexibility index (Phi) is 4.58. The van der Waals surface area contributed by atoms with Crippen molar-refractivity contribution in [2.75, 3.05) is 13.1 Å². The fourth-order valence-corrected chi connectivity index (χ4v) is 4.97. The molecule has 1 amide bonds. The molecule has 2 heterocycles. The minimum atomic E-state index is -4.54. The van der Waals surface area contributed by atoms with E-state index < -0.39 is 27.5 Å². The number of para-hydroxylation sites is 1. The fraction of sp³-hybridized carbons (Fsp3) is 0.316. The van der Waals surface area contributed by atoms with Gasteiger partial charge in [0.15, 0.2) is 5.72 Å². The number of amides is 1. The number of sulfonamides is 1. The smallest absolute Gasteiger partial charge is 0.416 e. The Bertz CT molecular complexity index is 1040. The van der Waals surface area contributed by atoms with Gasteiger partial charge in [-0.15, -0.1) is 0 Å². The first-order chi connectivity index (χ1) is 13.6. The lowest BCUT2D eigenvalue weighted by Gasteiger charge is -2.44. The van der Waals surface area contributed by atoms with Crippen LogP contribution < -0.4 is 10.1 Å². The maximum Gasteiger partial charge on any atom is 0.416 e. The third kappa shape index (κ3) is 3.58. The van der Waals surface area contributed by atoms with Crippen molar-refractivity contribution in [3.8, 4) is 5.75 Å². The molecule has 29 heavy (non-hydrogen) atoms. The van der Waals surface area contributed by atoms with Gasteiger partial charge in [0.25, 0.3) is 5.91 Å². The predicted octanol–water partition coefficient (Wildman–Crippen LogP) is 3.01. The number of piperidine rings is 1. The molecule has 0 atom stereocenters. The third-order valence-electron chi connectivity index (χ3n) is 5.13. The van der Waals surface area contributed by atoms with Gasteiger partial charge in [-0.3, -0.25) is 4.79 Å². The van der Waals surface area contributed by atoms with Crippen molar-refractivity contribution in [1.29, 1.82) is 0 Å². The molecule has 0 saturated carbocycles. The van der Waals surface area contributed by atoms with Crippen LogP contribution in [0.4, 0.5) is 13.2 Å². The second-order valence-corrected chi connectivity index (χ2v) is 8.91. The van der Waals surface area contributed by atoms with Gasteiger partial charge in [0, 0.05) is 25.9 Å². The number of benzene rings is 2. The standard InChI is InChI=1S/C19H17F3N2O4S/c20-19(21,22)13-5-7-14(8-6-13)29(26,27)24-11-9-18(10-12-24)23-17(25)15-3-1-2-4-16(15)28-18/h1-8H,9-12H2,(H,23,25). The molecule has 10 heteroatoms. The summed E-state index contributed by atoms with van der Waals surface area (Å²) in [5.41, 5.74) is -1.50. The SMILES string of the molecule is O=C1NC2(CCN(S(=O)(=O)c3ccc(C(F)(F)F)cc3)CC2)Oc2ccccc21. The summed E-state index contributed by atoms with van der Waals surface area (Å²) in [6.07, 6.45) is -4.10. The van der Waals surface area contributed by atoms with Gasteiger partial charge < -0.3 is 10.1 Å². The molecular weight excluding hydrogens is 409 g/mol. The van der Waals surface area contributed by atoms with E-state index in [9.17, 15) is 26.4 Å².